The molecule has 0 aromatic heterocycles. The fourth-order valence-electron chi connectivity index (χ4n) is 2.49. The molecule has 2 aromatic carbocycles. The molecule has 4 heteroatoms. The van der Waals surface area contributed by atoms with Crippen molar-refractivity contribution in [3.63, 3.8) is 0 Å². The lowest BCUT2D eigenvalue weighted by Gasteiger charge is -2.21. The van der Waals surface area contributed by atoms with Crippen LogP contribution in [0.5, 0.6) is 5.75 Å². The molecule has 2 aromatic rings. The Hall–Kier alpha value is -2.62. The van der Waals surface area contributed by atoms with E-state index < -0.39 is 0 Å². The Morgan fingerprint density at radius 2 is 1.57 bits per heavy atom. The minimum absolute atomic E-state index is 0.0496. The van der Waals surface area contributed by atoms with Crippen LogP contribution in [0.2, 0.25) is 0 Å². The molecular formula is C19H21NO3. The first kappa shape index (κ1) is 16.7. The van der Waals surface area contributed by atoms with E-state index in [0.717, 1.165) is 11.3 Å². The zero-order chi connectivity index (χ0) is 16.8. The first-order valence-electron chi connectivity index (χ1n) is 7.61. The molecule has 1 N–H and O–H groups in total. The molecular weight excluding hydrogens is 290 g/mol. The van der Waals surface area contributed by atoms with Gasteiger partial charge in [0.2, 0.25) is 5.91 Å². The highest BCUT2D eigenvalue weighted by Crippen LogP contribution is 2.27. The minimum Gasteiger partial charge on any atom is -0.427 e. The maximum Gasteiger partial charge on any atom is 0.308 e. The van der Waals surface area contributed by atoms with Gasteiger partial charge in [-0.25, -0.2) is 0 Å². The quantitative estimate of drug-likeness (QED) is 0.671. The Bertz CT molecular complexity index is 663. The van der Waals surface area contributed by atoms with Crippen LogP contribution >= 0.6 is 0 Å². The van der Waals surface area contributed by atoms with Crippen LogP contribution in [0.1, 0.15) is 32.3 Å². The highest BCUT2D eigenvalue weighted by atomic mass is 16.5. The van der Waals surface area contributed by atoms with Crippen molar-refractivity contribution in [2.24, 2.45) is 5.92 Å². The van der Waals surface area contributed by atoms with Gasteiger partial charge < -0.3 is 10.1 Å². The number of carbonyl (C=O) groups is 2. The Balaban J connectivity index is 2.17. The summed E-state index contributed by atoms with van der Waals surface area (Å²) in [4.78, 5) is 23.6. The van der Waals surface area contributed by atoms with Crippen molar-refractivity contribution >= 4 is 17.6 Å². The number of carbonyl (C=O) groups excluding carboxylic acids is 2. The number of hydrogen-bond donors (Lipinski definition) is 1. The first-order chi connectivity index (χ1) is 11.0. The predicted octanol–water partition coefficient (Wildman–Crippen LogP) is 3.99. The molecule has 0 bridgehead atoms. The summed E-state index contributed by atoms with van der Waals surface area (Å²) in [5.41, 5.74) is 1.67. The molecule has 1 unspecified atom stereocenters. The van der Waals surface area contributed by atoms with Gasteiger partial charge in [0, 0.05) is 12.6 Å². The zero-order valence-corrected chi connectivity index (χ0v) is 13.6. The lowest BCUT2D eigenvalue weighted by Crippen LogP contribution is -2.25. The smallest absolute Gasteiger partial charge is 0.308 e. The topological polar surface area (TPSA) is 55.4 Å². The van der Waals surface area contributed by atoms with Crippen molar-refractivity contribution in [2.75, 3.05) is 5.32 Å². The molecule has 0 fully saturated rings. The predicted molar refractivity (Wildman–Crippen MR) is 90.4 cm³/mol. The largest absolute Gasteiger partial charge is 0.427 e. The second-order valence-corrected chi connectivity index (χ2v) is 5.74. The van der Waals surface area contributed by atoms with Gasteiger partial charge in [0.1, 0.15) is 5.75 Å². The van der Waals surface area contributed by atoms with Crippen LogP contribution in [0.3, 0.4) is 0 Å². The average molecular weight is 311 g/mol. The molecule has 0 aliphatic carbocycles. The van der Waals surface area contributed by atoms with Gasteiger partial charge >= 0.3 is 5.97 Å². The Morgan fingerprint density at radius 1 is 0.957 bits per heavy atom. The fourth-order valence-corrected chi connectivity index (χ4v) is 2.49. The molecule has 0 aliphatic rings. The first-order valence-corrected chi connectivity index (χ1v) is 7.61. The van der Waals surface area contributed by atoms with Gasteiger partial charge in [-0.05, 0) is 35.7 Å². The van der Waals surface area contributed by atoms with Crippen LogP contribution in [0.25, 0.3) is 0 Å². The van der Waals surface area contributed by atoms with Gasteiger partial charge in [-0.15, -0.1) is 0 Å². The second kappa shape index (κ2) is 7.58. The van der Waals surface area contributed by atoms with E-state index in [2.05, 4.69) is 5.32 Å². The molecule has 4 nitrogen and oxygen atoms in total. The minimum atomic E-state index is -0.361. The Kier molecular flexibility index (Phi) is 5.52. The van der Waals surface area contributed by atoms with Crippen LogP contribution in [0.15, 0.2) is 54.6 Å². The summed E-state index contributed by atoms with van der Waals surface area (Å²) in [6.45, 7) is 5.38. The van der Waals surface area contributed by atoms with Gasteiger partial charge in [-0.3, -0.25) is 9.59 Å². The van der Waals surface area contributed by atoms with Crippen LogP contribution < -0.4 is 10.1 Å². The number of nitrogens with one attached hydrogen (secondary N) is 1. The van der Waals surface area contributed by atoms with E-state index in [9.17, 15) is 9.59 Å². The van der Waals surface area contributed by atoms with Crippen LogP contribution in [0.4, 0.5) is 5.69 Å². The molecule has 0 saturated heterocycles. The Morgan fingerprint density at radius 3 is 2.09 bits per heavy atom. The van der Waals surface area contributed by atoms with Gasteiger partial charge in [0.15, 0.2) is 0 Å². The van der Waals surface area contributed by atoms with E-state index in [1.807, 2.05) is 56.3 Å². The van der Waals surface area contributed by atoms with Gasteiger partial charge in [-0.1, -0.05) is 44.2 Å². The lowest BCUT2D eigenvalue weighted by molar-refractivity contribution is -0.131. The maximum atomic E-state index is 12.6. The van der Waals surface area contributed by atoms with Gasteiger partial charge in [0.05, 0.1) is 5.92 Å². The third-order valence-electron chi connectivity index (χ3n) is 3.49. The highest BCUT2D eigenvalue weighted by molar-refractivity contribution is 5.96. The van der Waals surface area contributed by atoms with Crippen LogP contribution in [-0.2, 0) is 9.59 Å². The van der Waals surface area contributed by atoms with E-state index in [1.54, 1.807) is 12.1 Å². The summed E-state index contributed by atoms with van der Waals surface area (Å²) in [5, 5.41) is 2.94. The summed E-state index contributed by atoms with van der Waals surface area (Å²) >= 11 is 0. The molecule has 0 spiro atoms. The molecule has 2 rings (SSSR count). The van der Waals surface area contributed by atoms with Crippen LogP contribution in [0, 0.1) is 5.92 Å². The number of benzene rings is 2. The number of anilines is 1. The third-order valence-corrected chi connectivity index (χ3v) is 3.49. The summed E-state index contributed by atoms with van der Waals surface area (Å²) in [6, 6.07) is 16.5. The van der Waals surface area contributed by atoms with E-state index in [-0.39, 0.29) is 23.7 Å². The fraction of sp³-hybridized carbons (Fsp3) is 0.263. The molecule has 23 heavy (non-hydrogen) atoms. The number of para-hydroxylation sites is 1. The molecule has 1 atom stereocenters. The van der Waals surface area contributed by atoms with Crippen molar-refractivity contribution in [1.82, 2.24) is 0 Å². The van der Waals surface area contributed by atoms with E-state index >= 15 is 0 Å². The summed E-state index contributed by atoms with van der Waals surface area (Å²) < 4.78 is 5.03. The maximum absolute atomic E-state index is 12.6. The number of esters is 1. The molecule has 0 saturated carbocycles. The number of ether oxygens (including phenoxy) is 1. The van der Waals surface area contributed by atoms with E-state index in [4.69, 9.17) is 4.74 Å². The molecule has 0 heterocycles. The number of rotatable bonds is 5. The number of hydrogen-bond acceptors (Lipinski definition) is 3. The monoisotopic (exact) mass is 311 g/mol. The summed E-state index contributed by atoms with van der Waals surface area (Å²) in [7, 11) is 0. The lowest BCUT2D eigenvalue weighted by atomic mass is 9.87. The van der Waals surface area contributed by atoms with Crippen molar-refractivity contribution in [3.8, 4) is 5.75 Å². The zero-order valence-electron chi connectivity index (χ0n) is 13.6. The summed E-state index contributed by atoms with van der Waals surface area (Å²) in [6.07, 6.45) is 0. The number of amides is 1. The summed E-state index contributed by atoms with van der Waals surface area (Å²) in [5.74, 6) is -0.0708. The molecule has 0 aliphatic heterocycles. The van der Waals surface area contributed by atoms with E-state index in [0.29, 0.717) is 5.75 Å². The highest BCUT2D eigenvalue weighted by Gasteiger charge is 2.24. The van der Waals surface area contributed by atoms with Crippen molar-refractivity contribution in [1.29, 1.82) is 0 Å². The van der Waals surface area contributed by atoms with Crippen LogP contribution in [-0.4, -0.2) is 11.9 Å². The van der Waals surface area contributed by atoms with Crippen molar-refractivity contribution in [3.05, 3.63) is 60.2 Å². The second-order valence-electron chi connectivity index (χ2n) is 5.74. The molecule has 0 radical (unpaired) electrons. The Labute approximate surface area is 136 Å². The average Bonchev–Trinajstić information content (AvgIpc) is 2.49. The normalized spacial score (nSPS) is 11.8. The van der Waals surface area contributed by atoms with Crippen molar-refractivity contribution < 1.29 is 14.3 Å². The van der Waals surface area contributed by atoms with Gasteiger partial charge in [-0.2, -0.15) is 0 Å². The van der Waals surface area contributed by atoms with Crippen molar-refractivity contribution in [2.45, 2.75) is 26.7 Å². The van der Waals surface area contributed by atoms with E-state index in [1.165, 1.54) is 6.92 Å². The standard InChI is InChI=1S/C19H21NO3/c1-13(2)18(19(22)20-16-7-5-4-6-8-16)15-9-11-17(12-10-15)23-14(3)21/h4-13,18H,1-3H3,(H,20,22). The SMILES string of the molecule is CC(=O)Oc1ccc(C(C(=O)Nc2ccccc2)C(C)C)cc1. The molecule has 1 amide bonds. The third kappa shape index (κ3) is 4.68. The molecule has 120 valence electrons. The van der Waals surface area contributed by atoms with Gasteiger partial charge in [0.25, 0.3) is 0 Å².